The van der Waals surface area contributed by atoms with Crippen LogP contribution in [0.4, 0.5) is 10.5 Å². The number of amides is 4. The maximum Gasteiger partial charge on any atom is 0.325 e. The second-order valence-electron chi connectivity index (χ2n) is 9.92. The van der Waals surface area contributed by atoms with Gasteiger partial charge in [0.1, 0.15) is 5.54 Å². The maximum absolute atomic E-state index is 13.2. The predicted molar refractivity (Wildman–Crippen MR) is 127 cm³/mol. The van der Waals surface area contributed by atoms with E-state index in [-0.39, 0.29) is 29.6 Å². The third kappa shape index (κ3) is 4.97. The van der Waals surface area contributed by atoms with Crippen LogP contribution in [0.25, 0.3) is 0 Å². The highest BCUT2D eigenvalue weighted by Crippen LogP contribution is 2.31. The number of anilines is 1. The molecule has 0 spiro atoms. The Hall–Kier alpha value is -3.48. The van der Waals surface area contributed by atoms with Crippen LogP contribution in [0.5, 0.6) is 0 Å². The number of hydrogen-bond acceptors (Lipinski definition) is 4. The predicted octanol–water partition coefficient (Wildman–Crippen LogP) is 4.23. The SMILES string of the molecule is CC(C)C(=O)Nc1ccc(C(=O)CN2C(=O)NC(C)(c3ccc(C(C)(C)C)cc3)C2=O)cc1. The summed E-state index contributed by atoms with van der Waals surface area (Å²) in [7, 11) is 0. The molecule has 1 fully saturated rings. The van der Waals surface area contributed by atoms with Crippen LogP contribution in [0.3, 0.4) is 0 Å². The van der Waals surface area contributed by atoms with Gasteiger partial charge < -0.3 is 10.6 Å². The van der Waals surface area contributed by atoms with E-state index in [4.69, 9.17) is 0 Å². The largest absolute Gasteiger partial charge is 0.326 e. The van der Waals surface area contributed by atoms with Gasteiger partial charge in [0.15, 0.2) is 5.78 Å². The number of carbonyl (C=O) groups excluding carboxylic acids is 4. The molecule has 1 atom stereocenters. The molecule has 0 bridgehead atoms. The van der Waals surface area contributed by atoms with Crippen molar-refractivity contribution in [2.24, 2.45) is 5.92 Å². The third-order valence-corrected chi connectivity index (χ3v) is 5.90. The molecule has 1 heterocycles. The zero-order chi connectivity index (χ0) is 24.6. The van der Waals surface area contributed by atoms with Crippen molar-refractivity contribution in [3.63, 3.8) is 0 Å². The Bertz CT molecular complexity index is 1080. The van der Waals surface area contributed by atoms with Crippen molar-refractivity contribution < 1.29 is 19.2 Å². The van der Waals surface area contributed by atoms with Crippen molar-refractivity contribution in [3.05, 3.63) is 65.2 Å². The van der Waals surface area contributed by atoms with Gasteiger partial charge in [-0.05, 0) is 47.7 Å². The van der Waals surface area contributed by atoms with Crippen LogP contribution in [0, 0.1) is 5.92 Å². The van der Waals surface area contributed by atoms with Gasteiger partial charge in [0.25, 0.3) is 5.91 Å². The zero-order valence-corrected chi connectivity index (χ0v) is 20.0. The summed E-state index contributed by atoms with van der Waals surface area (Å²) in [6.45, 7) is 11.2. The first-order valence-corrected chi connectivity index (χ1v) is 11.0. The summed E-state index contributed by atoms with van der Waals surface area (Å²) in [6.07, 6.45) is 0. The zero-order valence-electron chi connectivity index (χ0n) is 20.0. The van der Waals surface area contributed by atoms with E-state index in [0.717, 1.165) is 10.5 Å². The van der Waals surface area contributed by atoms with Crippen LogP contribution >= 0.6 is 0 Å². The Balaban J connectivity index is 1.73. The molecule has 1 aliphatic rings. The number of nitrogens with one attached hydrogen (secondary N) is 2. The highest BCUT2D eigenvalue weighted by molar-refractivity contribution is 6.11. The third-order valence-electron chi connectivity index (χ3n) is 5.90. The minimum absolute atomic E-state index is 0.0338. The first kappa shape index (κ1) is 24.2. The number of ketones is 1. The lowest BCUT2D eigenvalue weighted by Gasteiger charge is -2.24. The summed E-state index contributed by atoms with van der Waals surface area (Å²) in [5.41, 5.74) is 1.43. The van der Waals surface area contributed by atoms with Gasteiger partial charge in [0, 0.05) is 17.2 Å². The number of benzene rings is 2. The van der Waals surface area contributed by atoms with E-state index in [1.807, 2.05) is 24.3 Å². The van der Waals surface area contributed by atoms with E-state index in [0.29, 0.717) is 16.8 Å². The molecule has 4 amide bonds. The summed E-state index contributed by atoms with van der Waals surface area (Å²) < 4.78 is 0. The first-order chi connectivity index (χ1) is 15.3. The Kier molecular flexibility index (Phi) is 6.45. The normalized spacial score (nSPS) is 18.5. The lowest BCUT2D eigenvalue weighted by Crippen LogP contribution is -2.41. The molecule has 174 valence electrons. The number of Topliss-reactive ketones (excluding diaryl/α,β-unsaturated/α-hetero) is 1. The van der Waals surface area contributed by atoms with Crippen molar-refractivity contribution >= 4 is 29.3 Å². The molecule has 7 heteroatoms. The Morgan fingerprint density at radius 2 is 1.58 bits per heavy atom. The summed E-state index contributed by atoms with van der Waals surface area (Å²) in [6, 6.07) is 13.4. The van der Waals surface area contributed by atoms with Crippen molar-refractivity contribution in [1.82, 2.24) is 10.2 Å². The summed E-state index contributed by atoms with van der Waals surface area (Å²) in [5, 5.41) is 5.50. The highest BCUT2D eigenvalue weighted by Gasteiger charge is 2.49. The van der Waals surface area contributed by atoms with E-state index >= 15 is 0 Å². The Morgan fingerprint density at radius 3 is 2.09 bits per heavy atom. The lowest BCUT2D eigenvalue weighted by atomic mass is 9.84. The number of hydrogen-bond donors (Lipinski definition) is 2. The van der Waals surface area contributed by atoms with E-state index < -0.39 is 17.5 Å². The molecular formula is C26H31N3O4. The highest BCUT2D eigenvalue weighted by atomic mass is 16.2. The Labute approximate surface area is 194 Å². The maximum atomic E-state index is 13.2. The van der Waals surface area contributed by atoms with Crippen molar-refractivity contribution in [2.45, 2.75) is 52.5 Å². The molecule has 7 nitrogen and oxygen atoms in total. The summed E-state index contributed by atoms with van der Waals surface area (Å²) in [5.74, 6) is -1.12. The molecule has 3 rings (SSSR count). The average molecular weight is 450 g/mol. The van der Waals surface area contributed by atoms with Gasteiger partial charge in [-0.2, -0.15) is 0 Å². The molecule has 2 N–H and O–H groups in total. The molecule has 0 aliphatic carbocycles. The number of nitrogens with zero attached hydrogens (tertiary/aromatic N) is 1. The average Bonchev–Trinajstić information content (AvgIpc) is 2.97. The fraction of sp³-hybridized carbons (Fsp3) is 0.385. The van der Waals surface area contributed by atoms with Crippen LogP contribution < -0.4 is 10.6 Å². The van der Waals surface area contributed by atoms with Crippen molar-refractivity contribution in [1.29, 1.82) is 0 Å². The number of carbonyl (C=O) groups is 4. The van der Waals surface area contributed by atoms with Gasteiger partial charge in [-0.3, -0.25) is 19.3 Å². The van der Waals surface area contributed by atoms with E-state index in [2.05, 4.69) is 31.4 Å². The molecule has 33 heavy (non-hydrogen) atoms. The van der Waals surface area contributed by atoms with E-state index in [1.165, 1.54) is 0 Å². The summed E-state index contributed by atoms with van der Waals surface area (Å²) in [4.78, 5) is 51.3. The molecule has 2 aromatic rings. The van der Waals surface area contributed by atoms with Gasteiger partial charge in [-0.15, -0.1) is 0 Å². The number of rotatable bonds is 6. The van der Waals surface area contributed by atoms with Crippen molar-refractivity contribution in [3.8, 4) is 0 Å². The van der Waals surface area contributed by atoms with E-state index in [9.17, 15) is 19.2 Å². The molecule has 0 radical (unpaired) electrons. The van der Waals surface area contributed by atoms with Crippen LogP contribution in [-0.2, 0) is 20.5 Å². The fourth-order valence-electron chi connectivity index (χ4n) is 3.60. The molecule has 0 aromatic heterocycles. The minimum Gasteiger partial charge on any atom is -0.326 e. The smallest absolute Gasteiger partial charge is 0.325 e. The van der Waals surface area contributed by atoms with Gasteiger partial charge in [0.05, 0.1) is 6.54 Å². The first-order valence-electron chi connectivity index (χ1n) is 11.0. The molecular weight excluding hydrogens is 418 g/mol. The van der Waals surface area contributed by atoms with Crippen LogP contribution in [0.15, 0.2) is 48.5 Å². The second-order valence-corrected chi connectivity index (χ2v) is 9.92. The Morgan fingerprint density at radius 1 is 1.00 bits per heavy atom. The van der Waals surface area contributed by atoms with Gasteiger partial charge >= 0.3 is 6.03 Å². The monoisotopic (exact) mass is 449 g/mol. The van der Waals surface area contributed by atoms with E-state index in [1.54, 1.807) is 45.0 Å². The van der Waals surface area contributed by atoms with Crippen LogP contribution in [0.2, 0.25) is 0 Å². The standard InChI is InChI=1S/C26H31N3O4/c1-16(2)22(31)27-20-13-7-17(8-14-20)21(30)15-29-23(32)26(6,28-24(29)33)19-11-9-18(10-12-19)25(3,4)5/h7-14,16H,15H2,1-6H3,(H,27,31)(H,28,33). The van der Waals surface area contributed by atoms with Gasteiger partial charge in [0.2, 0.25) is 5.91 Å². The second kappa shape index (κ2) is 8.81. The summed E-state index contributed by atoms with van der Waals surface area (Å²) >= 11 is 0. The molecule has 1 aliphatic heterocycles. The van der Waals surface area contributed by atoms with Crippen LogP contribution in [0.1, 0.15) is 63.0 Å². The lowest BCUT2D eigenvalue weighted by molar-refractivity contribution is -0.130. The fourth-order valence-corrected chi connectivity index (χ4v) is 3.60. The minimum atomic E-state index is -1.24. The number of imide groups is 1. The van der Waals surface area contributed by atoms with Crippen LogP contribution in [-0.4, -0.2) is 35.1 Å². The topological polar surface area (TPSA) is 95.6 Å². The van der Waals surface area contributed by atoms with Gasteiger partial charge in [-0.25, -0.2) is 4.79 Å². The molecule has 2 aromatic carbocycles. The van der Waals surface area contributed by atoms with Crippen molar-refractivity contribution in [2.75, 3.05) is 11.9 Å². The molecule has 1 unspecified atom stereocenters. The quantitative estimate of drug-likeness (QED) is 0.510. The number of urea groups is 1. The van der Waals surface area contributed by atoms with Gasteiger partial charge in [-0.1, -0.05) is 58.9 Å². The molecule has 0 saturated carbocycles. The molecule has 1 saturated heterocycles.